The first kappa shape index (κ1) is 15.3. The van der Waals surface area contributed by atoms with E-state index in [4.69, 9.17) is 0 Å². The van der Waals surface area contributed by atoms with Crippen LogP contribution in [0.3, 0.4) is 0 Å². The van der Waals surface area contributed by atoms with E-state index < -0.39 is 0 Å². The molecular weight excluding hydrogens is 216 g/mol. The summed E-state index contributed by atoms with van der Waals surface area (Å²) in [6, 6.07) is 9.26. The smallest absolute Gasteiger partial charge is 0.0256 e. The Labute approximate surface area is 114 Å². The number of benzene rings is 1. The summed E-state index contributed by atoms with van der Waals surface area (Å²) >= 11 is 0. The van der Waals surface area contributed by atoms with E-state index in [1.165, 1.54) is 49.7 Å². The molecule has 0 aliphatic rings. The summed E-state index contributed by atoms with van der Waals surface area (Å²) < 4.78 is 0. The molecule has 1 rings (SSSR count). The van der Waals surface area contributed by atoms with Gasteiger partial charge in [-0.15, -0.1) is 0 Å². The third-order valence-corrected chi connectivity index (χ3v) is 3.41. The summed E-state index contributed by atoms with van der Waals surface area (Å²) in [5, 5.41) is 0. The van der Waals surface area contributed by atoms with Crippen molar-refractivity contribution in [3.05, 3.63) is 35.4 Å². The lowest BCUT2D eigenvalue weighted by atomic mass is 9.99. The highest BCUT2D eigenvalue weighted by Gasteiger charge is 1.99. The average molecular weight is 246 g/mol. The number of aryl methyl sites for hydroxylation is 1. The Balaban J connectivity index is 2.22. The molecule has 0 heterocycles. The molecule has 0 heteroatoms. The first-order valence-corrected chi connectivity index (χ1v) is 7.65. The third-order valence-electron chi connectivity index (χ3n) is 3.41. The van der Waals surface area contributed by atoms with Crippen LogP contribution in [0.4, 0.5) is 0 Å². The van der Waals surface area contributed by atoms with Crippen molar-refractivity contribution in [2.24, 2.45) is 11.8 Å². The van der Waals surface area contributed by atoms with Gasteiger partial charge >= 0.3 is 0 Å². The summed E-state index contributed by atoms with van der Waals surface area (Å²) in [5.74, 6) is 1.62. The zero-order valence-corrected chi connectivity index (χ0v) is 12.7. The highest BCUT2D eigenvalue weighted by atomic mass is 14.0. The first-order chi connectivity index (χ1) is 8.58. The minimum Gasteiger partial charge on any atom is -0.0628 e. The predicted octanol–water partition coefficient (Wildman–Crippen LogP) is 5.64. The largest absolute Gasteiger partial charge is 0.0628 e. The van der Waals surface area contributed by atoms with E-state index >= 15 is 0 Å². The average Bonchev–Trinajstić information content (AvgIpc) is 2.30. The van der Waals surface area contributed by atoms with Gasteiger partial charge in [0.25, 0.3) is 0 Å². The van der Waals surface area contributed by atoms with Crippen LogP contribution in [-0.4, -0.2) is 0 Å². The Morgan fingerprint density at radius 1 is 0.722 bits per heavy atom. The molecule has 0 saturated heterocycles. The van der Waals surface area contributed by atoms with Crippen molar-refractivity contribution in [1.29, 1.82) is 0 Å². The predicted molar refractivity (Wildman–Crippen MR) is 82.0 cm³/mol. The molecule has 102 valence electrons. The van der Waals surface area contributed by atoms with Gasteiger partial charge in [0.15, 0.2) is 0 Å². The molecule has 0 aromatic heterocycles. The standard InChI is InChI=1S/C18H30/c1-15(2)8-6-5-7-9-17-10-12-18(13-11-17)14-16(3)4/h10-13,15-16H,5-9,14H2,1-4H3. The summed E-state index contributed by atoms with van der Waals surface area (Å²) in [6.07, 6.45) is 7.95. The van der Waals surface area contributed by atoms with Gasteiger partial charge in [-0.05, 0) is 42.2 Å². The summed E-state index contributed by atoms with van der Waals surface area (Å²) in [7, 11) is 0. The summed E-state index contributed by atoms with van der Waals surface area (Å²) in [4.78, 5) is 0. The molecular formula is C18H30. The normalized spacial score (nSPS) is 11.4. The van der Waals surface area contributed by atoms with Crippen molar-refractivity contribution < 1.29 is 0 Å². The maximum atomic E-state index is 2.32. The topological polar surface area (TPSA) is 0 Å². The van der Waals surface area contributed by atoms with Crippen molar-refractivity contribution in [3.8, 4) is 0 Å². The van der Waals surface area contributed by atoms with Gasteiger partial charge in [-0.2, -0.15) is 0 Å². The fourth-order valence-corrected chi connectivity index (χ4v) is 2.37. The van der Waals surface area contributed by atoms with E-state index in [1.807, 2.05) is 0 Å². The van der Waals surface area contributed by atoms with E-state index in [1.54, 1.807) is 0 Å². The Kier molecular flexibility index (Phi) is 7.08. The SMILES string of the molecule is CC(C)CCCCCc1ccc(CC(C)C)cc1. The van der Waals surface area contributed by atoms with Gasteiger partial charge in [-0.1, -0.05) is 71.2 Å². The lowest BCUT2D eigenvalue weighted by Gasteiger charge is -2.07. The second-order valence-corrected chi connectivity index (χ2v) is 6.41. The van der Waals surface area contributed by atoms with Crippen LogP contribution in [0.1, 0.15) is 64.5 Å². The lowest BCUT2D eigenvalue weighted by molar-refractivity contribution is 0.527. The maximum Gasteiger partial charge on any atom is -0.0256 e. The fourth-order valence-electron chi connectivity index (χ4n) is 2.37. The quantitative estimate of drug-likeness (QED) is 0.520. The van der Waals surface area contributed by atoms with Crippen LogP contribution in [0.5, 0.6) is 0 Å². The van der Waals surface area contributed by atoms with Crippen molar-refractivity contribution in [2.75, 3.05) is 0 Å². The van der Waals surface area contributed by atoms with E-state index in [-0.39, 0.29) is 0 Å². The van der Waals surface area contributed by atoms with Crippen LogP contribution in [0.25, 0.3) is 0 Å². The van der Waals surface area contributed by atoms with Crippen molar-refractivity contribution >= 4 is 0 Å². The molecule has 0 aliphatic carbocycles. The minimum absolute atomic E-state index is 0.756. The van der Waals surface area contributed by atoms with Gasteiger partial charge in [0.05, 0.1) is 0 Å². The van der Waals surface area contributed by atoms with Crippen molar-refractivity contribution in [1.82, 2.24) is 0 Å². The molecule has 0 aliphatic heterocycles. The van der Waals surface area contributed by atoms with Crippen LogP contribution in [-0.2, 0) is 12.8 Å². The molecule has 0 radical (unpaired) electrons. The van der Waals surface area contributed by atoms with Gasteiger partial charge in [0.2, 0.25) is 0 Å². The van der Waals surface area contributed by atoms with Crippen LogP contribution < -0.4 is 0 Å². The van der Waals surface area contributed by atoms with Gasteiger partial charge in [-0.3, -0.25) is 0 Å². The second kappa shape index (κ2) is 8.34. The molecule has 0 saturated carbocycles. The highest BCUT2D eigenvalue weighted by molar-refractivity contribution is 5.22. The zero-order chi connectivity index (χ0) is 13.4. The molecule has 0 atom stereocenters. The van der Waals surface area contributed by atoms with Gasteiger partial charge in [0, 0.05) is 0 Å². The van der Waals surface area contributed by atoms with Crippen LogP contribution in [0, 0.1) is 11.8 Å². The Morgan fingerprint density at radius 3 is 1.89 bits per heavy atom. The second-order valence-electron chi connectivity index (χ2n) is 6.41. The van der Waals surface area contributed by atoms with E-state index in [2.05, 4.69) is 52.0 Å². The molecule has 1 aromatic carbocycles. The number of unbranched alkanes of at least 4 members (excludes halogenated alkanes) is 2. The molecule has 0 fully saturated rings. The van der Waals surface area contributed by atoms with Crippen LogP contribution in [0.2, 0.25) is 0 Å². The molecule has 0 amide bonds. The van der Waals surface area contributed by atoms with E-state index in [0.717, 1.165) is 11.8 Å². The maximum absolute atomic E-state index is 2.32. The highest BCUT2D eigenvalue weighted by Crippen LogP contribution is 2.13. The Morgan fingerprint density at radius 2 is 1.33 bits per heavy atom. The first-order valence-electron chi connectivity index (χ1n) is 7.65. The Bertz CT molecular complexity index is 305. The van der Waals surface area contributed by atoms with Gasteiger partial charge in [-0.25, -0.2) is 0 Å². The van der Waals surface area contributed by atoms with E-state index in [0.29, 0.717) is 0 Å². The summed E-state index contributed by atoms with van der Waals surface area (Å²) in [6.45, 7) is 9.19. The van der Waals surface area contributed by atoms with Gasteiger partial charge in [0.1, 0.15) is 0 Å². The molecule has 0 bridgehead atoms. The summed E-state index contributed by atoms with van der Waals surface area (Å²) in [5.41, 5.74) is 2.99. The number of hydrogen-bond acceptors (Lipinski definition) is 0. The van der Waals surface area contributed by atoms with Gasteiger partial charge < -0.3 is 0 Å². The molecule has 1 aromatic rings. The zero-order valence-electron chi connectivity index (χ0n) is 12.7. The third kappa shape index (κ3) is 6.83. The lowest BCUT2D eigenvalue weighted by Crippen LogP contribution is -1.94. The number of hydrogen-bond donors (Lipinski definition) is 0. The Hall–Kier alpha value is -0.780. The molecule has 0 spiro atoms. The monoisotopic (exact) mass is 246 g/mol. The molecule has 0 N–H and O–H groups in total. The number of rotatable bonds is 8. The fraction of sp³-hybridized carbons (Fsp3) is 0.667. The molecule has 18 heavy (non-hydrogen) atoms. The van der Waals surface area contributed by atoms with Crippen LogP contribution in [0.15, 0.2) is 24.3 Å². The minimum atomic E-state index is 0.756. The van der Waals surface area contributed by atoms with Crippen molar-refractivity contribution in [3.63, 3.8) is 0 Å². The van der Waals surface area contributed by atoms with E-state index in [9.17, 15) is 0 Å². The van der Waals surface area contributed by atoms with Crippen LogP contribution >= 0.6 is 0 Å². The molecule has 0 nitrogen and oxygen atoms in total. The molecule has 0 unspecified atom stereocenters. The van der Waals surface area contributed by atoms with Crippen molar-refractivity contribution in [2.45, 2.75) is 66.2 Å².